The molecule has 0 aliphatic heterocycles. The van der Waals surface area contributed by atoms with Gasteiger partial charge in [-0.15, -0.1) is 0 Å². The third-order valence-corrected chi connectivity index (χ3v) is 2.97. The van der Waals surface area contributed by atoms with Crippen molar-refractivity contribution in [3.05, 3.63) is 29.3 Å². The highest BCUT2D eigenvalue weighted by Crippen LogP contribution is 2.37. The zero-order valence-electron chi connectivity index (χ0n) is 11.7. The maximum absolute atomic E-state index is 12.3. The van der Waals surface area contributed by atoms with Crippen LogP contribution >= 0.6 is 11.8 Å². The first-order valence-electron chi connectivity index (χ1n) is 6.47. The van der Waals surface area contributed by atoms with Gasteiger partial charge in [-0.25, -0.2) is 0 Å². The zero-order valence-corrected chi connectivity index (χ0v) is 12.5. The van der Waals surface area contributed by atoms with Gasteiger partial charge in [0.1, 0.15) is 0 Å². The van der Waals surface area contributed by atoms with E-state index in [1.807, 2.05) is 26.8 Å². The Balaban J connectivity index is 0.00000154. The molecule has 1 rings (SSSR count). The minimum atomic E-state index is -4.22. The molecule has 1 aromatic carbocycles. The Morgan fingerprint density at radius 2 is 1.74 bits per heavy atom. The second-order valence-corrected chi connectivity index (χ2v) is 5.09. The fraction of sp³-hybridized carbons (Fsp3) is 0.571. The Morgan fingerprint density at radius 1 is 1.11 bits per heavy atom. The molecule has 0 radical (unpaired) electrons. The van der Waals surface area contributed by atoms with Crippen LogP contribution in [0.25, 0.3) is 0 Å². The van der Waals surface area contributed by atoms with Crippen molar-refractivity contribution in [2.24, 2.45) is 5.73 Å². The Morgan fingerprint density at radius 3 is 2.26 bits per heavy atom. The molecule has 0 spiro atoms. The summed E-state index contributed by atoms with van der Waals surface area (Å²) in [6, 6.07) is 5.10. The molecule has 1 aromatic rings. The van der Waals surface area contributed by atoms with Crippen molar-refractivity contribution in [2.45, 2.75) is 50.4 Å². The molecule has 0 bridgehead atoms. The topological polar surface area (TPSA) is 26.0 Å². The Hall–Kier alpha value is -0.680. The molecule has 1 nitrogen and oxygen atoms in total. The monoisotopic (exact) mass is 293 g/mol. The number of hydrogen-bond donors (Lipinski definition) is 1. The number of hydrogen-bond acceptors (Lipinski definition) is 2. The summed E-state index contributed by atoms with van der Waals surface area (Å²) < 4.78 is 36.8. The van der Waals surface area contributed by atoms with Gasteiger partial charge in [-0.2, -0.15) is 13.2 Å². The van der Waals surface area contributed by atoms with E-state index in [9.17, 15) is 13.2 Å². The van der Waals surface area contributed by atoms with E-state index in [1.54, 1.807) is 12.1 Å². The molecule has 0 aromatic heterocycles. The van der Waals surface area contributed by atoms with Gasteiger partial charge in [-0.05, 0) is 67.8 Å². The summed E-state index contributed by atoms with van der Waals surface area (Å²) in [6.07, 6.45) is 2.59. The summed E-state index contributed by atoms with van der Waals surface area (Å²) in [5.41, 5.74) is 2.98. The SMILES string of the molecule is CC.Cc1cc(CCCCN)cc(SC(F)(F)F)c1. The maximum Gasteiger partial charge on any atom is 0.446 e. The van der Waals surface area contributed by atoms with Crippen LogP contribution in [0, 0.1) is 6.92 Å². The van der Waals surface area contributed by atoms with E-state index in [0.29, 0.717) is 6.54 Å². The average molecular weight is 293 g/mol. The molecule has 0 unspecified atom stereocenters. The van der Waals surface area contributed by atoms with Crippen molar-refractivity contribution in [2.75, 3.05) is 6.54 Å². The van der Waals surface area contributed by atoms with Crippen LogP contribution in [0.1, 0.15) is 37.8 Å². The highest BCUT2D eigenvalue weighted by Gasteiger charge is 2.29. The minimum absolute atomic E-state index is 0.0564. The van der Waals surface area contributed by atoms with Crippen molar-refractivity contribution < 1.29 is 13.2 Å². The van der Waals surface area contributed by atoms with Gasteiger partial charge in [-0.3, -0.25) is 0 Å². The van der Waals surface area contributed by atoms with Crippen molar-refractivity contribution in [1.29, 1.82) is 0 Å². The molecule has 0 heterocycles. The second kappa shape index (κ2) is 9.26. The van der Waals surface area contributed by atoms with E-state index in [4.69, 9.17) is 5.73 Å². The fourth-order valence-corrected chi connectivity index (χ4v) is 2.36. The van der Waals surface area contributed by atoms with Crippen molar-refractivity contribution in [3.63, 3.8) is 0 Å². The second-order valence-electron chi connectivity index (χ2n) is 3.95. The van der Waals surface area contributed by atoms with Gasteiger partial charge >= 0.3 is 5.51 Å². The van der Waals surface area contributed by atoms with Gasteiger partial charge in [0.2, 0.25) is 0 Å². The lowest BCUT2D eigenvalue weighted by atomic mass is 10.1. The molecule has 19 heavy (non-hydrogen) atoms. The Labute approximate surface area is 117 Å². The van der Waals surface area contributed by atoms with E-state index in [1.165, 1.54) is 0 Å². The van der Waals surface area contributed by atoms with Crippen LogP contribution in [0.4, 0.5) is 13.2 Å². The summed E-state index contributed by atoms with van der Waals surface area (Å²) in [6.45, 7) is 6.43. The molecular weight excluding hydrogens is 271 g/mol. The molecule has 0 aliphatic rings. The number of alkyl halides is 3. The van der Waals surface area contributed by atoms with Crippen molar-refractivity contribution in [3.8, 4) is 0 Å². The molecular formula is C14H22F3NS. The molecule has 0 saturated heterocycles. The van der Waals surface area contributed by atoms with Crippen LogP contribution in [0.15, 0.2) is 23.1 Å². The highest BCUT2D eigenvalue weighted by atomic mass is 32.2. The van der Waals surface area contributed by atoms with Crippen LogP contribution < -0.4 is 5.73 Å². The number of benzene rings is 1. The van der Waals surface area contributed by atoms with Gasteiger partial charge < -0.3 is 5.73 Å². The third-order valence-electron chi connectivity index (χ3n) is 2.26. The number of unbranched alkanes of at least 4 members (excludes halogenated alkanes) is 1. The number of rotatable bonds is 5. The summed E-state index contributed by atoms with van der Waals surface area (Å²) in [5.74, 6) is 0. The molecule has 5 heteroatoms. The predicted molar refractivity (Wildman–Crippen MR) is 76.4 cm³/mol. The summed E-state index contributed by atoms with van der Waals surface area (Å²) in [4.78, 5) is 0.264. The van der Waals surface area contributed by atoms with Crippen LogP contribution in [0.3, 0.4) is 0 Å². The van der Waals surface area contributed by atoms with Gasteiger partial charge in [-0.1, -0.05) is 19.9 Å². The Bertz CT molecular complexity index is 364. The number of thioether (sulfide) groups is 1. The minimum Gasteiger partial charge on any atom is -0.330 e. The lowest BCUT2D eigenvalue weighted by molar-refractivity contribution is -0.0328. The van der Waals surface area contributed by atoms with E-state index in [2.05, 4.69) is 0 Å². The molecule has 2 N–H and O–H groups in total. The average Bonchev–Trinajstić information content (AvgIpc) is 2.29. The van der Waals surface area contributed by atoms with Gasteiger partial charge in [0, 0.05) is 4.90 Å². The smallest absolute Gasteiger partial charge is 0.330 e. The normalized spacial score (nSPS) is 10.9. The van der Waals surface area contributed by atoms with E-state index in [0.717, 1.165) is 30.4 Å². The summed E-state index contributed by atoms with van der Waals surface area (Å²) >= 11 is -0.0564. The first-order valence-corrected chi connectivity index (χ1v) is 7.29. The molecule has 0 fully saturated rings. The summed E-state index contributed by atoms with van der Waals surface area (Å²) in [5, 5.41) is 0. The lowest BCUT2D eigenvalue weighted by Crippen LogP contribution is -2.01. The van der Waals surface area contributed by atoms with Crippen LogP contribution in [-0.4, -0.2) is 12.1 Å². The number of nitrogens with two attached hydrogens (primary N) is 1. The zero-order chi connectivity index (χ0) is 14.9. The summed E-state index contributed by atoms with van der Waals surface area (Å²) in [7, 11) is 0. The van der Waals surface area contributed by atoms with Gasteiger partial charge in [0.15, 0.2) is 0 Å². The molecule has 0 saturated carbocycles. The van der Waals surface area contributed by atoms with Crippen LogP contribution in [0.2, 0.25) is 0 Å². The van der Waals surface area contributed by atoms with E-state index in [-0.39, 0.29) is 16.7 Å². The number of aryl methyl sites for hydroxylation is 2. The van der Waals surface area contributed by atoms with Crippen molar-refractivity contribution in [1.82, 2.24) is 0 Å². The van der Waals surface area contributed by atoms with Crippen molar-refractivity contribution >= 4 is 11.8 Å². The van der Waals surface area contributed by atoms with Gasteiger partial charge in [0.25, 0.3) is 0 Å². The Kier molecular flexibility index (Phi) is 8.93. The van der Waals surface area contributed by atoms with Crippen LogP contribution in [-0.2, 0) is 6.42 Å². The molecule has 0 aliphatic carbocycles. The van der Waals surface area contributed by atoms with E-state index < -0.39 is 5.51 Å². The third kappa shape index (κ3) is 8.94. The quantitative estimate of drug-likeness (QED) is 0.616. The molecule has 110 valence electrons. The largest absolute Gasteiger partial charge is 0.446 e. The predicted octanol–water partition coefficient (Wildman–Crippen LogP) is 4.91. The maximum atomic E-state index is 12.3. The first kappa shape index (κ1) is 18.3. The highest BCUT2D eigenvalue weighted by molar-refractivity contribution is 8.00. The standard InChI is InChI=1S/C12H16F3NS.C2H6/c1-9-6-10(4-2-3-5-16)8-11(7-9)17-12(13,14)15;1-2/h6-8H,2-5,16H2,1H3;1-2H3. The molecule has 0 amide bonds. The lowest BCUT2D eigenvalue weighted by Gasteiger charge is -2.09. The number of halogens is 3. The van der Waals surface area contributed by atoms with E-state index >= 15 is 0 Å². The molecule has 0 atom stereocenters. The first-order chi connectivity index (χ1) is 8.90. The van der Waals surface area contributed by atoms with Gasteiger partial charge in [0.05, 0.1) is 0 Å². The van der Waals surface area contributed by atoms with Crippen LogP contribution in [0.5, 0.6) is 0 Å². The fourth-order valence-electron chi connectivity index (χ4n) is 1.63.